The number of carbonyl (C=O) groups is 1. The van der Waals surface area contributed by atoms with Gasteiger partial charge in [0.25, 0.3) is 0 Å². The summed E-state index contributed by atoms with van der Waals surface area (Å²) in [4.78, 5) is 16.5. The van der Waals surface area contributed by atoms with E-state index in [2.05, 4.69) is 22.3 Å². The second kappa shape index (κ2) is 6.49. The SMILES string of the molecule is O=C(O)N1CC2(CC(/C=C/c3c(-c4c(Cl)cncc4Cl)noc3C3CC3)C2)C1. The molecule has 2 aliphatic carbocycles. The summed E-state index contributed by atoms with van der Waals surface area (Å²) in [5, 5.41) is 14.2. The monoisotopic (exact) mass is 419 g/mol. The van der Waals surface area contributed by atoms with Gasteiger partial charge in [0.1, 0.15) is 11.5 Å². The van der Waals surface area contributed by atoms with E-state index in [4.69, 9.17) is 32.8 Å². The van der Waals surface area contributed by atoms with Crippen LogP contribution < -0.4 is 0 Å². The molecule has 3 fully saturated rings. The van der Waals surface area contributed by atoms with E-state index < -0.39 is 6.09 Å². The van der Waals surface area contributed by atoms with E-state index in [0.29, 0.717) is 46.2 Å². The number of pyridine rings is 1. The van der Waals surface area contributed by atoms with Crippen LogP contribution in [0.3, 0.4) is 0 Å². The Hall–Kier alpha value is -2.05. The molecule has 8 heteroatoms. The first-order valence-electron chi connectivity index (χ1n) is 9.41. The highest BCUT2D eigenvalue weighted by Gasteiger charge is 2.53. The molecule has 0 bridgehead atoms. The molecule has 2 aromatic rings. The number of hydrogen-bond donors (Lipinski definition) is 1. The van der Waals surface area contributed by atoms with Crippen LogP contribution in [0.1, 0.15) is 42.9 Å². The third-order valence-corrected chi connectivity index (χ3v) is 6.62. The maximum Gasteiger partial charge on any atom is 0.407 e. The summed E-state index contributed by atoms with van der Waals surface area (Å²) in [7, 11) is 0. The zero-order chi connectivity index (χ0) is 19.5. The van der Waals surface area contributed by atoms with Crippen LogP contribution in [0.4, 0.5) is 4.79 Å². The minimum absolute atomic E-state index is 0.182. The van der Waals surface area contributed by atoms with Crippen LogP contribution >= 0.6 is 23.2 Å². The summed E-state index contributed by atoms with van der Waals surface area (Å²) in [5.74, 6) is 1.74. The number of aromatic nitrogens is 2. The van der Waals surface area contributed by atoms with Gasteiger partial charge in [-0.3, -0.25) is 4.98 Å². The van der Waals surface area contributed by atoms with Gasteiger partial charge >= 0.3 is 6.09 Å². The predicted molar refractivity (Wildman–Crippen MR) is 106 cm³/mol. The Balaban J connectivity index is 1.38. The van der Waals surface area contributed by atoms with Crippen molar-refractivity contribution in [3.05, 3.63) is 39.8 Å². The van der Waals surface area contributed by atoms with E-state index in [1.165, 1.54) is 4.90 Å². The smallest absolute Gasteiger partial charge is 0.407 e. The third kappa shape index (κ3) is 2.99. The molecule has 3 aliphatic rings. The van der Waals surface area contributed by atoms with Crippen molar-refractivity contribution in [3.8, 4) is 11.3 Å². The first-order valence-corrected chi connectivity index (χ1v) is 10.2. The van der Waals surface area contributed by atoms with E-state index in [1.807, 2.05) is 0 Å². The van der Waals surface area contributed by atoms with Gasteiger partial charge in [0.15, 0.2) is 0 Å². The molecule has 28 heavy (non-hydrogen) atoms. The fourth-order valence-electron chi connectivity index (χ4n) is 4.51. The average Bonchev–Trinajstić information content (AvgIpc) is 3.33. The number of halogens is 2. The van der Waals surface area contributed by atoms with Gasteiger partial charge in [-0.05, 0) is 31.6 Å². The van der Waals surface area contributed by atoms with Gasteiger partial charge in [-0.1, -0.05) is 40.5 Å². The number of allylic oxidation sites excluding steroid dienone is 1. The van der Waals surface area contributed by atoms with Crippen molar-refractivity contribution in [1.29, 1.82) is 0 Å². The summed E-state index contributed by atoms with van der Waals surface area (Å²) >= 11 is 12.7. The van der Waals surface area contributed by atoms with E-state index in [-0.39, 0.29) is 5.41 Å². The normalized spacial score (nSPS) is 21.1. The lowest BCUT2D eigenvalue weighted by Gasteiger charge is -2.57. The van der Waals surface area contributed by atoms with Crippen LogP contribution in [-0.2, 0) is 0 Å². The Labute approximate surface area is 172 Å². The highest BCUT2D eigenvalue weighted by molar-refractivity contribution is 6.39. The Kier molecular flexibility index (Phi) is 4.18. The van der Waals surface area contributed by atoms with E-state index >= 15 is 0 Å². The number of likely N-dealkylation sites (tertiary alicyclic amines) is 1. The van der Waals surface area contributed by atoms with Crippen molar-refractivity contribution in [2.24, 2.45) is 11.3 Å². The molecule has 6 nitrogen and oxygen atoms in total. The lowest BCUT2D eigenvalue weighted by molar-refractivity contribution is -0.0667. The number of nitrogens with zero attached hydrogens (tertiary/aromatic N) is 3. The second-order valence-corrected chi connectivity index (χ2v) is 9.04. The lowest BCUT2D eigenvalue weighted by atomic mass is 9.58. The molecule has 0 radical (unpaired) electrons. The maximum absolute atomic E-state index is 11.0. The van der Waals surface area contributed by atoms with Gasteiger partial charge in [0.2, 0.25) is 0 Å². The molecular formula is C20H19Cl2N3O3. The molecule has 3 heterocycles. The largest absolute Gasteiger partial charge is 0.465 e. The summed E-state index contributed by atoms with van der Waals surface area (Å²) in [6.07, 6.45) is 10.8. The zero-order valence-electron chi connectivity index (χ0n) is 15.1. The number of amides is 1. The Morgan fingerprint density at radius 1 is 1.25 bits per heavy atom. The predicted octanol–water partition coefficient (Wildman–Crippen LogP) is 5.32. The number of carboxylic acid groups (broad SMARTS) is 1. The topological polar surface area (TPSA) is 79.5 Å². The summed E-state index contributed by atoms with van der Waals surface area (Å²) in [6, 6.07) is 0. The molecular weight excluding hydrogens is 401 g/mol. The minimum atomic E-state index is -0.820. The average molecular weight is 420 g/mol. The van der Waals surface area contributed by atoms with Gasteiger partial charge in [-0.25, -0.2) is 4.79 Å². The molecule has 1 aliphatic heterocycles. The van der Waals surface area contributed by atoms with Crippen molar-refractivity contribution in [1.82, 2.24) is 15.0 Å². The van der Waals surface area contributed by atoms with Gasteiger partial charge in [0.05, 0.1) is 10.0 Å². The van der Waals surface area contributed by atoms with E-state index in [1.54, 1.807) is 12.4 Å². The molecule has 0 atom stereocenters. The van der Waals surface area contributed by atoms with Crippen LogP contribution in [0.2, 0.25) is 10.0 Å². The first-order chi connectivity index (χ1) is 13.5. The third-order valence-electron chi connectivity index (χ3n) is 6.04. The first kappa shape index (κ1) is 18.0. The fraction of sp³-hybridized carbons (Fsp3) is 0.450. The Bertz CT molecular complexity index is 949. The van der Waals surface area contributed by atoms with Crippen molar-refractivity contribution in [2.45, 2.75) is 31.6 Å². The van der Waals surface area contributed by atoms with Crippen LogP contribution in [-0.4, -0.2) is 39.3 Å². The van der Waals surface area contributed by atoms with Gasteiger partial charge in [-0.15, -0.1) is 0 Å². The number of rotatable bonds is 4. The minimum Gasteiger partial charge on any atom is -0.465 e. The molecule has 146 valence electrons. The van der Waals surface area contributed by atoms with Crippen LogP contribution in [0.25, 0.3) is 17.3 Å². The molecule has 1 N–H and O–H groups in total. The van der Waals surface area contributed by atoms with Gasteiger partial charge in [0, 0.05) is 47.9 Å². The lowest BCUT2D eigenvalue weighted by Crippen LogP contribution is -2.63. The Morgan fingerprint density at radius 3 is 2.54 bits per heavy atom. The summed E-state index contributed by atoms with van der Waals surface area (Å²) < 4.78 is 5.67. The van der Waals surface area contributed by atoms with Gasteiger partial charge < -0.3 is 14.5 Å². The summed E-state index contributed by atoms with van der Waals surface area (Å²) in [5.41, 5.74) is 2.43. The molecule has 2 aromatic heterocycles. The van der Waals surface area contributed by atoms with Crippen molar-refractivity contribution < 1.29 is 14.4 Å². The fourth-order valence-corrected chi connectivity index (χ4v) is 5.05. The highest BCUT2D eigenvalue weighted by Crippen LogP contribution is 2.53. The standard InChI is InChI=1S/C20H19Cl2N3O3/c21-14-7-23-8-15(22)16(14)17-13(18(28-24-17)12-2-3-12)4-1-11-5-20(6-11)9-25(10-20)19(26)27/h1,4,7-8,11-12H,2-3,5-6,9-10H2,(H,26,27)/b4-1+. The van der Waals surface area contributed by atoms with Crippen molar-refractivity contribution >= 4 is 35.4 Å². The van der Waals surface area contributed by atoms with Crippen LogP contribution in [0.15, 0.2) is 23.0 Å². The van der Waals surface area contributed by atoms with Crippen molar-refractivity contribution in [2.75, 3.05) is 13.1 Å². The molecule has 1 amide bonds. The van der Waals surface area contributed by atoms with Crippen molar-refractivity contribution in [3.63, 3.8) is 0 Å². The molecule has 1 saturated heterocycles. The van der Waals surface area contributed by atoms with Crippen LogP contribution in [0.5, 0.6) is 0 Å². The molecule has 0 unspecified atom stereocenters. The molecule has 5 rings (SSSR count). The quantitative estimate of drug-likeness (QED) is 0.724. The second-order valence-electron chi connectivity index (χ2n) is 8.23. The zero-order valence-corrected chi connectivity index (χ0v) is 16.6. The van der Waals surface area contributed by atoms with Gasteiger partial charge in [-0.2, -0.15) is 0 Å². The summed E-state index contributed by atoms with van der Waals surface area (Å²) in [6.45, 7) is 1.31. The molecule has 1 spiro atoms. The van der Waals surface area contributed by atoms with E-state index in [9.17, 15) is 4.79 Å². The number of hydrogen-bond acceptors (Lipinski definition) is 4. The Morgan fingerprint density at radius 2 is 1.93 bits per heavy atom. The van der Waals surface area contributed by atoms with Crippen LogP contribution in [0, 0.1) is 11.3 Å². The highest BCUT2D eigenvalue weighted by atomic mass is 35.5. The maximum atomic E-state index is 11.0. The van der Waals surface area contributed by atoms with E-state index in [0.717, 1.165) is 37.0 Å². The molecule has 0 aromatic carbocycles. The molecule has 2 saturated carbocycles.